The van der Waals surface area contributed by atoms with Crippen LogP contribution in [0.5, 0.6) is 0 Å². The van der Waals surface area contributed by atoms with Crippen LogP contribution in [0, 0.1) is 10.1 Å². The molecule has 0 atom stereocenters. The third-order valence-corrected chi connectivity index (χ3v) is 5.88. The molecule has 7 nitrogen and oxygen atoms in total. The van der Waals surface area contributed by atoms with Gasteiger partial charge in [-0.3, -0.25) is 14.9 Å². The Morgan fingerprint density at radius 1 is 1.29 bits per heavy atom. The molecule has 0 bridgehead atoms. The zero-order valence-corrected chi connectivity index (χ0v) is 17.0. The van der Waals surface area contributed by atoms with E-state index in [1.807, 2.05) is 0 Å². The molecule has 0 saturated carbocycles. The van der Waals surface area contributed by atoms with E-state index >= 15 is 0 Å². The molecule has 1 N–H and O–H groups in total. The highest BCUT2D eigenvalue weighted by molar-refractivity contribution is 7.17. The topological polar surface area (TPSA) is 98.5 Å². The van der Waals surface area contributed by atoms with Gasteiger partial charge in [-0.1, -0.05) is 11.6 Å². The zero-order valence-electron chi connectivity index (χ0n) is 15.4. The number of benzene rings is 1. The van der Waals surface area contributed by atoms with E-state index < -0.39 is 16.8 Å². The third-order valence-electron chi connectivity index (χ3n) is 4.35. The molecule has 2 aromatic rings. The molecule has 1 aliphatic rings. The minimum Gasteiger partial charge on any atom is -0.459 e. The summed E-state index contributed by atoms with van der Waals surface area (Å²) < 4.78 is 5.36. The molecule has 1 heterocycles. The number of hydrogen-bond donors (Lipinski definition) is 1. The average molecular weight is 423 g/mol. The van der Waals surface area contributed by atoms with E-state index in [0.717, 1.165) is 42.2 Å². The highest BCUT2D eigenvalue weighted by atomic mass is 35.5. The summed E-state index contributed by atoms with van der Waals surface area (Å²) in [7, 11) is 0. The van der Waals surface area contributed by atoms with Gasteiger partial charge in [0.05, 0.1) is 16.6 Å². The predicted molar refractivity (Wildman–Crippen MR) is 108 cm³/mol. The Kier molecular flexibility index (Phi) is 6.00. The Hall–Kier alpha value is -2.45. The molecule has 1 aromatic carbocycles. The fourth-order valence-electron chi connectivity index (χ4n) is 3.11. The summed E-state index contributed by atoms with van der Waals surface area (Å²) >= 11 is 7.17. The van der Waals surface area contributed by atoms with Gasteiger partial charge in [0.25, 0.3) is 11.6 Å². The van der Waals surface area contributed by atoms with Crippen LogP contribution in [-0.4, -0.2) is 22.9 Å². The zero-order chi connectivity index (χ0) is 20.4. The van der Waals surface area contributed by atoms with Gasteiger partial charge in [0.2, 0.25) is 0 Å². The van der Waals surface area contributed by atoms with Crippen molar-refractivity contribution in [1.29, 1.82) is 0 Å². The van der Waals surface area contributed by atoms with Crippen molar-refractivity contribution in [2.45, 2.75) is 45.6 Å². The standard InChI is InChI=1S/C19H19ClN2O5S/c1-10(2)27-19(24)16-12-5-3-4-6-15(12)28-18(16)21-17(23)11-7-8-13(20)14(9-11)22(25)26/h7-10H,3-6H2,1-2H3,(H,21,23). The second-order valence-corrected chi connectivity index (χ2v) is 8.26. The number of thiophene rings is 1. The molecule has 1 aromatic heterocycles. The summed E-state index contributed by atoms with van der Waals surface area (Å²) in [6.07, 6.45) is 3.33. The molecule has 0 aliphatic heterocycles. The molecule has 9 heteroatoms. The minimum absolute atomic E-state index is 0.0469. The van der Waals surface area contributed by atoms with Crippen LogP contribution in [0.1, 0.15) is 57.8 Å². The Balaban J connectivity index is 1.94. The largest absolute Gasteiger partial charge is 0.459 e. The summed E-state index contributed by atoms with van der Waals surface area (Å²) in [6.45, 7) is 3.53. The first-order valence-electron chi connectivity index (χ1n) is 8.88. The molecular formula is C19H19ClN2O5S. The summed E-state index contributed by atoms with van der Waals surface area (Å²) in [4.78, 5) is 36.8. The quantitative estimate of drug-likeness (QED) is 0.415. The number of anilines is 1. The number of nitrogens with zero attached hydrogens (tertiary/aromatic N) is 1. The molecule has 0 saturated heterocycles. The first-order chi connectivity index (χ1) is 13.3. The van der Waals surface area contributed by atoms with Gasteiger partial charge >= 0.3 is 5.97 Å². The number of amides is 1. The molecule has 0 spiro atoms. The molecular weight excluding hydrogens is 404 g/mol. The molecule has 3 rings (SSSR count). The van der Waals surface area contributed by atoms with E-state index in [1.54, 1.807) is 13.8 Å². The molecule has 1 aliphatic carbocycles. The number of esters is 1. The van der Waals surface area contributed by atoms with Crippen molar-refractivity contribution in [2.24, 2.45) is 0 Å². The summed E-state index contributed by atoms with van der Waals surface area (Å²) in [6, 6.07) is 3.84. The second kappa shape index (κ2) is 8.28. The van der Waals surface area contributed by atoms with E-state index in [2.05, 4.69) is 5.32 Å². The highest BCUT2D eigenvalue weighted by Gasteiger charge is 2.28. The number of carbonyl (C=O) groups is 2. The normalized spacial score (nSPS) is 13.1. The Labute approximate surface area is 170 Å². The van der Waals surface area contributed by atoms with Gasteiger partial charge in [-0.15, -0.1) is 11.3 Å². The van der Waals surface area contributed by atoms with Gasteiger partial charge in [-0.05, 0) is 57.2 Å². The minimum atomic E-state index is -0.644. The first-order valence-corrected chi connectivity index (χ1v) is 10.1. The summed E-state index contributed by atoms with van der Waals surface area (Å²) in [5, 5.41) is 14.2. The van der Waals surface area contributed by atoms with E-state index in [0.29, 0.717) is 10.6 Å². The smallest absolute Gasteiger partial charge is 0.341 e. The summed E-state index contributed by atoms with van der Waals surface area (Å²) in [5.74, 6) is -1.01. The van der Waals surface area contributed by atoms with Gasteiger partial charge in [-0.25, -0.2) is 4.79 Å². The molecule has 1 amide bonds. The number of ether oxygens (including phenoxy) is 1. The van der Waals surface area contributed by atoms with Crippen LogP contribution < -0.4 is 5.32 Å². The number of carbonyl (C=O) groups excluding carboxylic acids is 2. The maximum absolute atomic E-state index is 12.7. The molecule has 0 unspecified atom stereocenters. The molecule has 148 valence electrons. The van der Waals surface area contributed by atoms with Crippen LogP contribution in [0.2, 0.25) is 5.02 Å². The van der Waals surface area contributed by atoms with Crippen LogP contribution in [0.25, 0.3) is 0 Å². The van der Waals surface area contributed by atoms with Crippen LogP contribution in [0.4, 0.5) is 10.7 Å². The van der Waals surface area contributed by atoms with E-state index in [-0.39, 0.29) is 22.4 Å². The Bertz CT molecular complexity index is 954. The number of aryl methyl sites for hydroxylation is 1. The van der Waals surface area contributed by atoms with Crippen molar-refractivity contribution in [3.05, 3.63) is 54.9 Å². The van der Waals surface area contributed by atoms with Crippen molar-refractivity contribution in [3.8, 4) is 0 Å². The van der Waals surface area contributed by atoms with Crippen molar-refractivity contribution in [2.75, 3.05) is 5.32 Å². The average Bonchev–Trinajstić information content (AvgIpc) is 2.99. The molecule has 0 radical (unpaired) electrons. The number of nitrogens with one attached hydrogen (secondary N) is 1. The van der Waals surface area contributed by atoms with Crippen molar-refractivity contribution in [3.63, 3.8) is 0 Å². The fraction of sp³-hybridized carbons (Fsp3) is 0.368. The number of rotatable bonds is 5. The van der Waals surface area contributed by atoms with E-state index in [1.165, 1.54) is 23.5 Å². The van der Waals surface area contributed by atoms with Crippen LogP contribution >= 0.6 is 22.9 Å². The first kappa shape index (κ1) is 20.3. The van der Waals surface area contributed by atoms with Crippen LogP contribution in [-0.2, 0) is 17.6 Å². The monoisotopic (exact) mass is 422 g/mol. The number of fused-ring (bicyclic) bond motifs is 1. The van der Waals surface area contributed by atoms with Crippen molar-refractivity contribution in [1.82, 2.24) is 0 Å². The Morgan fingerprint density at radius 2 is 2.00 bits per heavy atom. The van der Waals surface area contributed by atoms with Gasteiger partial charge in [-0.2, -0.15) is 0 Å². The van der Waals surface area contributed by atoms with Gasteiger partial charge in [0, 0.05) is 16.5 Å². The lowest BCUT2D eigenvalue weighted by molar-refractivity contribution is -0.384. The number of hydrogen-bond acceptors (Lipinski definition) is 6. The number of nitro groups is 1. The van der Waals surface area contributed by atoms with Crippen LogP contribution in [0.15, 0.2) is 18.2 Å². The van der Waals surface area contributed by atoms with Gasteiger partial charge in [0.1, 0.15) is 10.0 Å². The van der Waals surface area contributed by atoms with E-state index in [4.69, 9.17) is 16.3 Å². The number of nitro benzene ring substituents is 1. The Morgan fingerprint density at radius 3 is 2.68 bits per heavy atom. The SMILES string of the molecule is CC(C)OC(=O)c1c(NC(=O)c2ccc(Cl)c([N+](=O)[O-])c2)sc2c1CCCC2. The lowest BCUT2D eigenvalue weighted by atomic mass is 9.95. The third kappa shape index (κ3) is 4.18. The maximum atomic E-state index is 12.7. The molecule has 0 fully saturated rings. The van der Waals surface area contributed by atoms with Gasteiger partial charge < -0.3 is 10.1 Å². The highest BCUT2D eigenvalue weighted by Crippen LogP contribution is 2.39. The van der Waals surface area contributed by atoms with E-state index in [9.17, 15) is 19.7 Å². The predicted octanol–water partition coefficient (Wildman–Crippen LogP) is 5.01. The number of halogens is 1. The molecule has 28 heavy (non-hydrogen) atoms. The van der Waals surface area contributed by atoms with Crippen molar-refractivity contribution < 1.29 is 19.2 Å². The van der Waals surface area contributed by atoms with Gasteiger partial charge in [0.15, 0.2) is 0 Å². The summed E-state index contributed by atoms with van der Waals surface area (Å²) in [5.41, 5.74) is 1.06. The van der Waals surface area contributed by atoms with Crippen molar-refractivity contribution >= 4 is 45.5 Å². The maximum Gasteiger partial charge on any atom is 0.341 e. The van der Waals surface area contributed by atoms with Crippen LogP contribution in [0.3, 0.4) is 0 Å². The fourth-order valence-corrected chi connectivity index (χ4v) is 4.57. The lowest BCUT2D eigenvalue weighted by Crippen LogP contribution is -2.18. The lowest BCUT2D eigenvalue weighted by Gasteiger charge is -2.14. The second-order valence-electron chi connectivity index (χ2n) is 6.75.